The van der Waals surface area contributed by atoms with Crippen LogP contribution in [0.3, 0.4) is 0 Å². The Morgan fingerprint density at radius 1 is 1.12 bits per heavy atom. The lowest BCUT2D eigenvalue weighted by Crippen LogP contribution is -2.17. The summed E-state index contributed by atoms with van der Waals surface area (Å²) in [5.74, 6) is 0.0867. The highest BCUT2D eigenvalue weighted by atomic mass is 35.5. The molecule has 0 saturated heterocycles. The summed E-state index contributed by atoms with van der Waals surface area (Å²) in [6.45, 7) is 1.61. The van der Waals surface area contributed by atoms with E-state index in [2.05, 4.69) is 20.2 Å². The number of nitriles is 1. The number of aromatic amines is 2. The van der Waals surface area contributed by atoms with Gasteiger partial charge in [0.2, 0.25) is 5.75 Å². The lowest BCUT2D eigenvalue weighted by Gasteiger charge is -2.10. The van der Waals surface area contributed by atoms with Crippen LogP contribution in [0.2, 0.25) is 5.02 Å². The summed E-state index contributed by atoms with van der Waals surface area (Å²) in [5.41, 5.74) is 0.935. The summed E-state index contributed by atoms with van der Waals surface area (Å²) in [4.78, 5) is 31.8. The van der Waals surface area contributed by atoms with Gasteiger partial charge in [0, 0.05) is 11.4 Å². The number of hydrogen-bond acceptors (Lipinski definition) is 6. The Morgan fingerprint density at radius 3 is 2.58 bits per heavy atom. The number of H-pyrrole nitrogens is 2. The number of benzene rings is 2. The van der Waals surface area contributed by atoms with E-state index in [0.717, 1.165) is 0 Å². The summed E-state index contributed by atoms with van der Waals surface area (Å²) in [5, 5.41) is 15.8. The molecule has 4 aromatic rings. The molecule has 4 rings (SSSR count). The van der Waals surface area contributed by atoms with E-state index < -0.39 is 16.9 Å². The third-order valence-corrected chi connectivity index (χ3v) is 4.89. The molecular weight excluding hydrogens is 449 g/mol. The molecule has 0 aliphatic rings. The average Bonchev–Trinajstić information content (AvgIpc) is 2.78. The van der Waals surface area contributed by atoms with Gasteiger partial charge in [-0.25, -0.2) is 14.5 Å². The van der Waals surface area contributed by atoms with E-state index >= 15 is 0 Å². The summed E-state index contributed by atoms with van der Waals surface area (Å²) < 4.78 is 18.8. The molecule has 0 fully saturated rings. The second-order valence-corrected chi connectivity index (χ2v) is 7.54. The molecule has 2 aromatic heterocycles. The van der Waals surface area contributed by atoms with Gasteiger partial charge in [-0.2, -0.15) is 10.4 Å². The minimum absolute atomic E-state index is 0.0358. The number of rotatable bonds is 5. The molecule has 2 aromatic carbocycles. The first-order valence-electron chi connectivity index (χ1n) is 9.65. The maximum absolute atomic E-state index is 13.2. The summed E-state index contributed by atoms with van der Waals surface area (Å²) in [7, 11) is 0. The van der Waals surface area contributed by atoms with E-state index in [-0.39, 0.29) is 23.5 Å². The van der Waals surface area contributed by atoms with Crippen molar-refractivity contribution in [2.24, 2.45) is 0 Å². The second-order valence-electron chi connectivity index (χ2n) is 7.10. The smallest absolute Gasteiger partial charge is 0.294 e. The first-order chi connectivity index (χ1) is 15.8. The van der Waals surface area contributed by atoms with Crippen LogP contribution >= 0.6 is 11.6 Å². The highest BCUT2D eigenvalue weighted by Crippen LogP contribution is 2.25. The number of halogens is 2. The number of aromatic nitrogens is 4. The minimum atomic E-state index is -0.529. The molecule has 0 aliphatic carbocycles. The maximum atomic E-state index is 13.2. The molecule has 10 heteroatoms. The van der Waals surface area contributed by atoms with Crippen molar-refractivity contribution in [2.75, 3.05) is 0 Å². The van der Waals surface area contributed by atoms with Gasteiger partial charge in [-0.1, -0.05) is 23.7 Å². The Labute approximate surface area is 191 Å². The van der Waals surface area contributed by atoms with Crippen LogP contribution in [0.15, 0.2) is 58.1 Å². The average molecular weight is 464 g/mol. The van der Waals surface area contributed by atoms with Crippen LogP contribution < -0.4 is 15.9 Å². The zero-order valence-electron chi connectivity index (χ0n) is 17.1. The quantitative estimate of drug-likeness (QED) is 0.463. The monoisotopic (exact) mass is 463 g/mol. The molecule has 0 aliphatic heterocycles. The largest absolute Gasteiger partial charge is 0.450 e. The summed E-state index contributed by atoms with van der Waals surface area (Å²) >= 11 is 5.98. The van der Waals surface area contributed by atoms with Gasteiger partial charge in [0.25, 0.3) is 11.1 Å². The van der Waals surface area contributed by atoms with Crippen LogP contribution in [0.1, 0.15) is 22.8 Å². The maximum Gasteiger partial charge on any atom is 0.294 e. The van der Waals surface area contributed by atoms with Gasteiger partial charge >= 0.3 is 0 Å². The van der Waals surface area contributed by atoms with Crippen molar-refractivity contribution < 1.29 is 9.13 Å². The number of nitrogens with one attached hydrogen (secondary N) is 2. The molecule has 2 heterocycles. The van der Waals surface area contributed by atoms with E-state index in [0.29, 0.717) is 33.4 Å². The van der Waals surface area contributed by atoms with E-state index in [1.807, 2.05) is 6.07 Å². The molecule has 0 unspecified atom stereocenters. The van der Waals surface area contributed by atoms with E-state index in [4.69, 9.17) is 21.6 Å². The van der Waals surface area contributed by atoms with Crippen LogP contribution in [0, 0.1) is 24.1 Å². The van der Waals surface area contributed by atoms with E-state index in [1.54, 1.807) is 13.0 Å². The normalized spacial score (nSPS) is 10.6. The third kappa shape index (κ3) is 4.97. The fourth-order valence-electron chi connectivity index (χ4n) is 3.19. The van der Waals surface area contributed by atoms with Gasteiger partial charge in [-0.3, -0.25) is 9.59 Å². The molecule has 0 amide bonds. The van der Waals surface area contributed by atoms with Crippen LogP contribution in [0.25, 0.3) is 11.1 Å². The zero-order chi connectivity index (χ0) is 23.5. The Hall–Kier alpha value is -4.29. The van der Waals surface area contributed by atoms with Gasteiger partial charge in [-0.05, 0) is 48.9 Å². The van der Waals surface area contributed by atoms with Crippen molar-refractivity contribution in [3.05, 3.63) is 103 Å². The van der Waals surface area contributed by atoms with E-state index in [1.165, 1.54) is 42.5 Å². The van der Waals surface area contributed by atoms with Gasteiger partial charge in [0.15, 0.2) is 0 Å². The van der Waals surface area contributed by atoms with Crippen LogP contribution in [0.4, 0.5) is 4.39 Å². The fraction of sp³-hybridized carbons (Fsp3) is 0.0870. The Balaban J connectivity index is 1.62. The van der Waals surface area contributed by atoms with Crippen molar-refractivity contribution in [3.63, 3.8) is 0 Å². The lowest BCUT2D eigenvalue weighted by atomic mass is 10.1. The Kier molecular flexibility index (Phi) is 6.02. The Morgan fingerprint density at radius 2 is 1.88 bits per heavy atom. The van der Waals surface area contributed by atoms with Crippen molar-refractivity contribution in [1.82, 2.24) is 20.2 Å². The van der Waals surface area contributed by atoms with Gasteiger partial charge < -0.3 is 9.72 Å². The highest BCUT2D eigenvalue weighted by Gasteiger charge is 2.14. The van der Waals surface area contributed by atoms with Crippen LogP contribution in [-0.4, -0.2) is 20.2 Å². The molecule has 2 N–H and O–H groups in total. The first kappa shape index (κ1) is 21.9. The van der Waals surface area contributed by atoms with Crippen LogP contribution in [0.5, 0.6) is 11.5 Å². The van der Waals surface area contributed by atoms with Gasteiger partial charge in [0.05, 0.1) is 28.6 Å². The molecule has 8 nitrogen and oxygen atoms in total. The van der Waals surface area contributed by atoms with E-state index in [9.17, 15) is 14.0 Å². The predicted octanol–water partition coefficient (Wildman–Crippen LogP) is 3.88. The number of nitrogens with zero attached hydrogens (tertiary/aromatic N) is 3. The minimum Gasteiger partial charge on any atom is -0.450 e. The van der Waals surface area contributed by atoms with Crippen molar-refractivity contribution in [1.29, 1.82) is 5.26 Å². The number of ether oxygens (including phenoxy) is 1. The van der Waals surface area contributed by atoms with Crippen LogP contribution in [-0.2, 0) is 6.42 Å². The fourth-order valence-corrected chi connectivity index (χ4v) is 3.42. The molecule has 0 radical (unpaired) electrons. The highest BCUT2D eigenvalue weighted by molar-refractivity contribution is 6.30. The number of aryl methyl sites for hydroxylation is 1. The standard InChI is InChI=1S/C23H15ClFN5O3/c1-12-21(33-18-7-13(11-26)6-15(24)8-18)23(32)28-20(27-12)10-17-9-19(22(31)30-29-17)14-2-4-16(25)5-3-14/h2-9H,10H2,1H3,(H,30,31)(H,27,28,32). The molecule has 164 valence electrons. The Bertz CT molecular complexity index is 1510. The molecular formula is C23H15ClFN5O3. The molecule has 0 atom stereocenters. The van der Waals surface area contributed by atoms with Crippen molar-refractivity contribution in [2.45, 2.75) is 13.3 Å². The molecule has 0 saturated carbocycles. The number of hydrogen-bond donors (Lipinski definition) is 2. The molecule has 0 spiro atoms. The SMILES string of the molecule is Cc1nc(Cc2cc(-c3ccc(F)cc3)c(=O)[nH]n2)[nH]c(=O)c1Oc1cc(Cl)cc(C#N)c1. The second kappa shape index (κ2) is 9.06. The lowest BCUT2D eigenvalue weighted by molar-refractivity contribution is 0.465. The van der Waals surface area contributed by atoms with Gasteiger partial charge in [0.1, 0.15) is 17.4 Å². The predicted molar refractivity (Wildman–Crippen MR) is 119 cm³/mol. The topological polar surface area (TPSA) is 125 Å². The molecule has 0 bridgehead atoms. The summed E-state index contributed by atoms with van der Waals surface area (Å²) in [6, 6.07) is 13.4. The first-order valence-corrected chi connectivity index (χ1v) is 10.0. The third-order valence-electron chi connectivity index (χ3n) is 4.68. The van der Waals surface area contributed by atoms with Gasteiger partial charge in [-0.15, -0.1) is 0 Å². The summed E-state index contributed by atoms with van der Waals surface area (Å²) in [6.07, 6.45) is 0.122. The zero-order valence-corrected chi connectivity index (χ0v) is 17.9. The molecule has 33 heavy (non-hydrogen) atoms. The van der Waals surface area contributed by atoms with Crippen molar-refractivity contribution >= 4 is 11.6 Å². The van der Waals surface area contributed by atoms with Crippen molar-refractivity contribution in [3.8, 4) is 28.7 Å².